The van der Waals surface area contributed by atoms with E-state index >= 15 is 0 Å². The van der Waals surface area contributed by atoms with E-state index in [-0.39, 0.29) is 6.04 Å². The lowest BCUT2D eigenvalue weighted by Crippen LogP contribution is -2.28. The zero-order chi connectivity index (χ0) is 10.4. The van der Waals surface area contributed by atoms with E-state index in [9.17, 15) is 0 Å². The van der Waals surface area contributed by atoms with E-state index in [1.54, 1.807) is 18.3 Å². The van der Waals surface area contributed by atoms with E-state index in [1.165, 1.54) is 0 Å². The van der Waals surface area contributed by atoms with Crippen LogP contribution in [0.25, 0.3) is 0 Å². The van der Waals surface area contributed by atoms with Crippen LogP contribution in [0.3, 0.4) is 0 Å². The van der Waals surface area contributed by atoms with E-state index in [0.29, 0.717) is 12.1 Å². The smallest absolute Gasteiger partial charge is 0.126 e. The standard InChI is InChI=1S/C10H14N4/c1-2-9(6-12)14-10-4-3-8(5-11)7-13-10/h3-4,7,9H,2,6,12H2,1H3,(H,13,14). The summed E-state index contributed by atoms with van der Waals surface area (Å²) in [5, 5.41) is 11.8. The van der Waals surface area contributed by atoms with Gasteiger partial charge in [-0.2, -0.15) is 5.26 Å². The van der Waals surface area contributed by atoms with Crippen LogP contribution in [-0.2, 0) is 0 Å². The van der Waals surface area contributed by atoms with Gasteiger partial charge in [-0.25, -0.2) is 4.98 Å². The Labute approximate surface area is 83.8 Å². The van der Waals surface area contributed by atoms with E-state index in [0.717, 1.165) is 12.2 Å². The van der Waals surface area contributed by atoms with Crippen LogP contribution in [0.5, 0.6) is 0 Å². The van der Waals surface area contributed by atoms with Gasteiger partial charge in [-0.1, -0.05) is 6.92 Å². The first-order valence-corrected chi connectivity index (χ1v) is 4.63. The number of hydrogen-bond acceptors (Lipinski definition) is 4. The molecule has 0 aliphatic carbocycles. The normalized spacial score (nSPS) is 11.8. The van der Waals surface area contributed by atoms with Gasteiger partial charge in [0.1, 0.15) is 11.9 Å². The lowest BCUT2D eigenvalue weighted by Gasteiger charge is -2.14. The highest BCUT2D eigenvalue weighted by Crippen LogP contribution is 2.06. The number of nitrogens with zero attached hydrogens (tertiary/aromatic N) is 2. The van der Waals surface area contributed by atoms with E-state index in [1.807, 2.05) is 6.07 Å². The van der Waals surface area contributed by atoms with Crippen LogP contribution in [0.1, 0.15) is 18.9 Å². The molecule has 3 N–H and O–H groups in total. The zero-order valence-corrected chi connectivity index (χ0v) is 8.20. The van der Waals surface area contributed by atoms with E-state index < -0.39 is 0 Å². The Morgan fingerprint density at radius 1 is 1.64 bits per heavy atom. The summed E-state index contributed by atoms with van der Waals surface area (Å²) in [7, 11) is 0. The van der Waals surface area contributed by atoms with Crippen LogP contribution in [0, 0.1) is 11.3 Å². The van der Waals surface area contributed by atoms with Crippen molar-refractivity contribution in [1.82, 2.24) is 4.98 Å². The highest BCUT2D eigenvalue weighted by molar-refractivity contribution is 5.39. The van der Waals surface area contributed by atoms with Crippen LogP contribution in [0.2, 0.25) is 0 Å². The molecule has 0 saturated carbocycles. The lowest BCUT2D eigenvalue weighted by molar-refractivity contribution is 0.700. The first kappa shape index (κ1) is 10.5. The van der Waals surface area contributed by atoms with Crippen molar-refractivity contribution in [2.24, 2.45) is 5.73 Å². The molecule has 0 fully saturated rings. The maximum Gasteiger partial charge on any atom is 0.126 e. The molecule has 1 rings (SSSR count). The first-order chi connectivity index (χ1) is 6.80. The van der Waals surface area contributed by atoms with Crippen molar-refractivity contribution < 1.29 is 0 Å². The van der Waals surface area contributed by atoms with Crippen LogP contribution < -0.4 is 11.1 Å². The van der Waals surface area contributed by atoms with E-state index in [4.69, 9.17) is 11.0 Å². The molecule has 1 aromatic rings. The van der Waals surface area contributed by atoms with Gasteiger partial charge in [0.15, 0.2) is 0 Å². The van der Waals surface area contributed by atoms with Crippen molar-refractivity contribution >= 4 is 5.82 Å². The number of nitrogens with one attached hydrogen (secondary N) is 1. The molecule has 0 radical (unpaired) electrons. The van der Waals surface area contributed by atoms with Crippen LogP contribution >= 0.6 is 0 Å². The number of pyridine rings is 1. The fourth-order valence-electron chi connectivity index (χ4n) is 1.08. The van der Waals surface area contributed by atoms with Gasteiger partial charge in [0, 0.05) is 18.8 Å². The Morgan fingerprint density at radius 3 is 2.86 bits per heavy atom. The van der Waals surface area contributed by atoms with Crippen molar-refractivity contribution in [3.05, 3.63) is 23.9 Å². The number of rotatable bonds is 4. The van der Waals surface area contributed by atoms with E-state index in [2.05, 4.69) is 17.2 Å². The molecule has 0 amide bonds. The third-order valence-electron chi connectivity index (χ3n) is 2.02. The second kappa shape index (κ2) is 5.20. The third kappa shape index (κ3) is 2.71. The third-order valence-corrected chi connectivity index (χ3v) is 2.02. The van der Waals surface area contributed by atoms with Crippen LogP contribution in [-0.4, -0.2) is 17.6 Å². The minimum atomic E-state index is 0.246. The molecule has 4 nitrogen and oxygen atoms in total. The van der Waals surface area contributed by atoms with Crippen molar-refractivity contribution in [1.29, 1.82) is 5.26 Å². The Hall–Kier alpha value is -1.60. The van der Waals surface area contributed by atoms with Crippen molar-refractivity contribution in [2.75, 3.05) is 11.9 Å². The largest absolute Gasteiger partial charge is 0.366 e. The van der Waals surface area contributed by atoms with Gasteiger partial charge in [-0.05, 0) is 18.6 Å². The highest BCUT2D eigenvalue weighted by atomic mass is 15.0. The Bertz CT molecular complexity index is 308. The number of hydrogen-bond donors (Lipinski definition) is 2. The molecule has 0 spiro atoms. The van der Waals surface area contributed by atoms with Gasteiger partial charge in [-0.15, -0.1) is 0 Å². The summed E-state index contributed by atoms with van der Waals surface area (Å²) < 4.78 is 0. The molecule has 0 bridgehead atoms. The molecular formula is C10H14N4. The maximum absolute atomic E-state index is 8.57. The SMILES string of the molecule is CCC(CN)Nc1ccc(C#N)cn1. The van der Waals surface area contributed by atoms with Gasteiger partial charge in [-0.3, -0.25) is 0 Å². The summed E-state index contributed by atoms with van der Waals surface area (Å²) in [5.41, 5.74) is 6.11. The minimum absolute atomic E-state index is 0.246. The molecule has 1 aromatic heterocycles. The number of nitrogens with two attached hydrogens (primary N) is 1. The fraction of sp³-hybridized carbons (Fsp3) is 0.400. The number of nitriles is 1. The molecule has 14 heavy (non-hydrogen) atoms. The quantitative estimate of drug-likeness (QED) is 0.745. The fourth-order valence-corrected chi connectivity index (χ4v) is 1.08. The monoisotopic (exact) mass is 190 g/mol. The lowest BCUT2D eigenvalue weighted by atomic mass is 10.2. The summed E-state index contributed by atoms with van der Waals surface area (Å²) in [6, 6.07) is 5.79. The van der Waals surface area contributed by atoms with Crippen molar-refractivity contribution in [3.8, 4) is 6.07 Å². The summed E-state index contributed by atoms with van der Waals surface area (Å²) >= 11 is 0. The van der Waals surface area contributed by atoms with Crippen molar-refractivity contribution in [2.45, 2.75) is 19.4 Å². The Balaban J connectivity index is 2.64. The topological polar surface area (TPSA) is 74.7 Å². The highest BCUT2D eigenvalue weighted by Gasteiger charge is 2.03. The molecule has 0 aliphatic rings. The van der Waals surface area contributed by atoms with Crippen molar-refractivity contribution in [3.63, 3.8) is 0 Å². The molecule has 1 atom stereocenters. The molecule has 4 heteroatoms. The summed E-state index contributed by atoms with van der Waals surface area (Å²) in [6.07, 6.45) is 2.50. The second-order valence-electron chi connectivity index (χ2n) is 3.03. The van der Waals surface area contributed by atoms with Gasteiger partial charge in [0.2, 0.25) is 0 Å². The average Bonchev–Trinajstić information content (AvgIpc) is 2.26. The summed E-state index contributed by atoms with van der Waals surface area (Å²) in [4.78, 5) is 4.10. The van der Waals surface area contributed by atoms with Gasteiger partial charge in [0.25, 0.3) is 0 Å². The van der Waals surface area contributed by atoms with Gasteiger partial charge < -0.3 is 11.1 Å². The zero-order valence-electron chi connectivity index (χ0n) is 8.20. The van der Waals surface area contributed by atoms with Crippen LogP contribution in [0.15, 0.2) is 18.3 Å². The number of anilines is 1. The Morgan fingerprint density at radius 2 is 2.43 bits per heavy atom. The summed E-state index contributed by atoms with van der Waals surface area (Å²) in [5.74, 6) is 0.765. The van der Waals surface area contributed by atoms with Crippen LogP contribution in [0.4, 0.5) is 5.82 Å². The summed E-state index contributed by atoms with van der Waals surface area (Å²) in [6.45, 7) is 2.65. The predicted octanol–water partition coefficient (Wildman–Crippen LogP) is 1.10. The molecule has 74 valence electrons. The minimum Gasteiger partial charge on any atom is -0.366 e. The molecule has 1 unspecified atom stereocenters. The molecule has 0 aliphatic heterocycles. The molecular weight excluding hydrogens is 176 g/mol. The maximum atomic E-state index is 8.57. The van der Waals surface area contributed by atoms with Gasteiger partial charge >= 0.3 is 0 Å². The molecule has 0 saturated heterocycles. The first-order valence-electron chi connectivity index (χ1n) is 4.63. The second-order valence-corrected chi connectivity index (χ2v) is 3.03. The van der Waals surface area contributed by atoms with Gasteiger partial charge in [0.05, 0.1) is 5.56 Å². The predicted molar refractivity (Wildman–Crippen MR) is 55.7 cm³/mol. The number of aromatic nitrogens is 1. The molecule has 0 aromatic carbocycles. The molecule has 1 heterocycles. The Kier molecular flexibility index (Phi) is 3.89. The average molecular weight is 190 g/mol.